The molecule has 0 unspecified atom stereocenters. The molecular weight excluding hydrogens is 290 g/mol. The summed E-state index contributed by atoms with van der Waals surface area (Å²) in [6.45, 7) is 1.59. The van der Waals surface area contributed by atoms with Crippen LogP contribution in [0.1, 0.15) is 6.42 Å². The molecule has 5 nitrogen and oxygen atoms in total. The Morgan fingerprint density at radius 1 is 1.04 bits per heavy atom. The summed E-state index contributed by atoms with van der Waals surface area (Å²) in [5, 5.41) is 0. The molecule has 0 bridgehead atoms. The number of imidazole rings is 1. The molecule has 0 aliphatic carbocycles. The summed E-state index contributed by atoms with van der Waals surface area (Å²) in [7, 11) is 0. The third kappa shape index (κ3) is 2.54. The minimum atomic E-state index is -0.0647. The van der Waals surface area contributed by atoms with E-state index in [-0.39, 0.29) is 12.5 Å². The molecular formula is C18H17N3O2. The van der Waals surface area contributed by atoms with Crippen LogP contribution in [0.4, 0.5) is 5.95 Å². The molecule has 2 heterocycles. The van der Waals surface area contributed by atoms with E-state index in [9.17, 15) is 4.79 Å². The summed E-state index contributed by atoms with van der Waals surface area (Å²) in [4.78, 5) is 18.9. The summed E-state index contributed by atoms with van der Waals surface area (Å²) in [5.74, 6) is 1.36. The van der Waals surface area contributed by atoms with Gasteiger partial charge >= 0.3 is 0 Å². The van der Waals surface area contributed by atoms with Crippen molar-refractivity contribution in [2.24, 2.45) is 0 Å². The van der Waals surface area contributed by atoms with Crippen LogP contribution in [0.3, 0.4) is 0 Å². The lowest BCUT2D eigenvalue weighted by Crippen LogP contribution is -2.40. The van der Waals surface area contributed by atoms with Crippen molar-refractivity contribution in [2.75, 3.05) is 18.1 Å². The molecule has 3 aromatic rings. The Labute approximate surface area is 134 Å². The van der Waals surface area contributed by atoms with Crippen molar-refractivity contribution in [3.63, 3.8) is 0 Å². The topological polar surface area (TPSA) is 47.4 Å². The zero-order valence-electron chi connectivity index (χ0n) is 12.7. The van der Waals surface area contributed by atoms with Gasteiger partial charge in [-0.3, -0.25) is 9.69 Å². The standard InChI is InChI=1S/C18H17N3O2/c22-17(13-23-14-7-2-1-3-8-14)21-12-6-11-20-16-10-5-4-9-15(16)19-18(20)21/h1-5,7-10H,6,11-13H2. The lowest BCUT2D eigenvalue weighted by molar-refractivity contribution is -0.120. The number of hydrogen-bond acceptors (Lipinski definition) is 3. The monoisotopic (exact) mass is 307 g/mol. The average molecular weight is 307 g/mol. The van der Waals surface area contributed by atoms with Gasteiger partial charge < -0.3 is 9.30 Å². The number of para-hydroxylation sites is 3. The van der Waals surface area contributed by atoms with Gasteiger partial charge in [0.05, 0.1) is 11.0 Å². The molecule has 1 aromatic heterocycles. The third-order valence-electron chi connectivity index (χ3n) is 4.05. The zero-order valence-corrected chi connectivity index (χ0v) is 12.7. The van der Waals surface area contributed by atoms with E-state index in [2.05, 4.69) is 9.55 Å². The van der Waals surface area contributed by atoms with E-state index in [1.54, 1.807) is 4.90 Å². The van der Waals surface area contributed by atoms with Crippen LogP contribution in [0, 0.1) is 0 Å². The largest absolute Gasteiger partial charge is 0.484 e. The van der Waals surface area contributed by atoms with Crippen molar-refractivity contribution in [3.8, 4) is 5.75 Å². The van der Waals surface area contributed by atoms with Gasteiger partial charge in [-0.15, -0.1) is 0 Å². The molecule has 116 valence electrons. The molecule has 0 fully saturated rings. The van der Waals surface area contributed by atoms with Gasteiger partial charge in [0.25, 0.3) is 5.91 Å². The maximum Gasteiger partial charge on any atom is 0.267 e. The molecule has 23 heavy (non-hydrogen) atoms. The SMILES string of the molecule is O=C(COc1ccccc1)N1CCCn2c1nc1ccccc12. The number of rotatable bonds is 3. The van der Waals surface area contributed by atoms with Crippen LogP contribution in [0.2, 0.25) is 0 Å². The highest BCUT2D eigenvalue weighted by Crippen LogP contribution is 2.26. The third-order valence-corrected chi connectivity index (χ3v) is 4.05. The number of ether oxygens (including phenoxy) is 1. The summed E-state index contributed by atoms with van der Waals surface area (Å²) < 4.78 is 7.69. The molecule has 4 rings (SSSR count). The normalized spacial score (nSPS) is 13.8. The number of aromatic nitrogens is 2. The van der Waals surface area contributed by atoms with Gasteiger partial charge in [0.15, 0.2) is 6.61 Å². The van der Waals surface area contributed by atoms with Crippen molar-refractivity contribution >= 4 is 22.9 Å². The summed E-state index contributed by atoms with van der Waals surface area (Å²) >= 11 is 0. The molecule has 0 saturated carbocycles. The first-order chi connectivity index (χ1) is 11.3. The number of fused-ring (bicyclic) bond motifs is 3. The fraction of sp³-hybridized carbons (Fsp3) is 0.222. The molecule has 1 amide bonds. The number of amides is 1. The second kappa shape index (κ2) is 5.76. The quantitative estimate of drug-likeness (QED) is 0.747. The first-order valence-electron chi connectivity index (χ1n) is 7.76. The average Bonchev–Trinajstić information content (AvgIpc) is 2.99. The highest BCUT2D eigenvalue weighted by Gasteiger charge is 2.26. The van der Waals surface area contributed by atoms with Gasteiger partial charge in [0.2, 0.25) is 5.95 Å². The Morgan fingerprint density at radius 3 is 2.70 bits per heavy atom. The number of aryl methyl sites for hydroxylation is 1. The molecule has 1 aliphatic heterocycles. The van der Waals surface area contributed by atoms with Crippen LogP contribution < -0.4 is 9.64 Å². The maximum absolute atomic E-state index is 12.6. The number of carbonyl (C=O) groups is 1. The molecule has 0 radical (unpaired) electrons. The smallest absolute Gasteiger partial charge is 0.267 e. The van der Waals surface area contributed by atoms with Crippen molar-refractivity contribution in [1.29, 1.82) is 0 Å². The van der Waals surface area contributed by atoms with Crippen molar-refractivity contribution in [3.05, 3.63) is 54.6 Å². The van der Waals surface area contributed by atoms with Gasteiger partial charge in [-0.25, -0.2) is 4.98 Å². The Kier molecular flexibility index (Phi) is 3.46. The minimum Gasteiger partial charge on any atom is -0.484 e. The minimum absolute atomic E-state index is 0.0211. The highest BCUT2D eigenvalue weighted by atomic mass is 16.5. The molecule has 2 aromatic carbocycles. The number of nitrogens with zero attached hydrogens (tertiary/aromatic N) is 3. The summed E-state index contributed by atoms with van der Waals surface area (Å²) in [6, 6.07) is 17.4. The lowest BCUT2D eigenvalue weighted by atomic mass is 10.3. The fourth-order valence-corrected chi connectivity index (χ4v) is 2.95. The van der Waals surface area contributed by atoms with E-state index in [0.29, 0.717) is 12.3 Å². The van der Waals surface area contributed by atoms with E-state index >= 15 is 0 Å². The predicted molar refractivity (Wildman–Crippen MR) is 88.6 cm³/mol. The van der Waals surface area contributed by atoms with Crippen LogP contribution in [-0.2, 0) is 11.3 Å². The van der Waals surface area contributed by atoms with E-state index in [1.165, 1.54) is 0 Å². The predicted octanol–water partition coefficient (Wildman–Crippen LogP) is 2.85. The van der Waals surface area contributed by atoms with Gasteiger partial charge in [-0.2, -0.15) is 0 Å². The second-order valence-corrected chi connectivity index (χ2v) is 5.55. The Bertz CT molecular complexity index is 842. The van der Waals surface area contributed by atoms with Crippen molar-refractivity contribution in [1.82, 2.24) is 9.55 Å². The Morgan fingerprint density at radius 2 is 1.83 bits per heavy atom. The van der Waals surface area contributed by atoms with Crippen LogP contribution in [0.25, 0.3) is 11.0 Å². The second-order valence-electron chi connectivity index (χ2n) is 5.55. The number of anilines is 1. The molecule has 1 aliphatic rings. The number of hydrogen-bond donors (Lipinski definition) is 0. The van der Waals surface area contributed by atoms with E-state index in [0.717, 1.165) is 29.9 Å². The fourth-order valence-electron chi connectivity index (χ4n) is 2.95. The van der Waals surface area contributed by atoms with Crippen LogP contribution >= 0.6 is 0 Å². The number of carbonyl (C=O) groups excluding carboxylic acids is 1. The van der Waals surface area contributed by atoms with Crippen molar-refractivity contribution in [2.45, 2.75) is 13.0 Å². The first-order valence-corrected chi connectivity index (χ1v) is 7.76. The van der Waals surface area contributed by atoms with Crippen LogP contribution in [0.5, 0.6) is 5.75 Å². The Balaban J connectivity index is 1.57. The van der Waals surface area contributed by atoms with Gasteiger partial charge in [0.1, 0.15) is 5.75 Å². The molecule has 0 saturated heterocycles. The highest BCUT2D eigenvalue weighted by molar-refractivity contribution is 5.95. The van der Waals surface area contributed by atoms with Gasteiger partial charge in [0, 0.05) is 13.1 Å². The van der Waals surface area contributed by atoms with E-state index in [4.69, 9.17) is 4.74 Å². The van der Waals surface area contributed by atoms with Crippen molar-refractivity contribution < 1.29 is 9.53 Å². The molecule has 0 spiro atoms. The molecule has 0 N–H and O–H groups in total. The lowest BCUT2D eigenvalue weighted by Gasteiger charge is -2.27. The summed E-state index contributed by atoms with van der Waals surface area (Å²) in [5.41, 5.74) is 2.00. The maximum atomic E-state index is 12.6. The molecule has 0 atom stereocenters. The zero-order chi connectivity index (χ0) is 15.6. The van der Waals surface area contributed by atoms with Gasteiger partial charge in [-0.05, 0) is 30.7 Å². The molecule has 5 heteroatoms. The Hall–Kier alpha value is -2.82. The first kappa shape index (κ1) is 13.8. The van der Waals surface area contributed by atoms with Crippen LogP contribution in [0.15, 0.2) is 54.6 Å². The van der Waals surface area contributed by atoms with Gasteiger partial charge in [-0.1, -0.05) is 30.3 Å². The van der Waals surface area contributed by atoms with Crippen LogP contribution in [-0.4, -0.2) is 28.6 Å². The number of benzene rings is 2. The summed E-state index contributed by atoms with van der Waals surface area (Å²) in [6.07, 6.45) is 0.921. The van der Waals surface area contributed by atoms with E-state index in [1.807, 2.05) is 54.6 Å². The van der Waals surface area contributed by atoms with E-state index < -0.39 is 0 Å².